The van der Waals surface area contributed by atoms with Crippen molar-refractivity contribution in [2.24, 2.45) is 0 Å². The molecule has 4 N–H and O–H groups in total. The Morgan fingerprint density at radius 1 is 1.29 bits per heavy atom. The van der Waals surface area contributed by atoms with Gasteiger partial charge < -0.3 is 11.1 Å². The van der Waals surface area contributed by atoms with Gasteiger partial charge in [-0.1, -0.05) is 30.3 Å². The van der Waals surface area contributed by atoms with Gasteiger partial charge in [0.15, 0.2) is 12.3 Å². The van der Waals surface area contributed by atoms with Gasteiger partial charge >= 0.3 is 0 Å². The van der Waals surface area contributed by atoms with Crippen molar-refractivity contribution in [1.82, 2.24) is 5.32 Å². The molecule has 0 heterocycles. The number of Topliss-reactive ketones (excluding diaryl/α,β-unsaturated/α-hetero) is 1. The maximum absolute atomic E-state index is 12.4. The van der Waals surface area contributed by atoms with Gasteiger partial charge in [0, 0.05) is 0 Å². The molecule has 5 heteroatoms. The number of amides is 1. The van der Waals surface area contributed by atoms with Crippen molar-refractivity contribution in [1.29, 1.82) is 0 Å². The van der Waals surface area contributed by atoms with Crippen molar-refractivity contribution in [3.05, 3.63) is 35.9 Å². The number of halogens is 1. The van der Waals surface area contributed by atoms with E-state index in [-0.39, 0.29) is 12.5 Å². The second-order valence-corrected chi connectivity index (χ2v) is 3.66. The summed E-state index contributed by atoms with van der Waals surface area (Å²) in [4.78, 5) is 22.5. The minimum absolute atomic E-state index is 0.0326. The van der Waals surface area contributed by atoms with Crippen LogP contribution in [0.5, 0.6) is 0 Å². The number of hydrogen-bond donors (Lipinski definition) is 2. The zero-order chi connectivity index (χ0) is 12.7. The van der Waals surface area contributed by atoms with Crippen LogP contribution >= 0.6 is 0 Å². The Morgan fingerprint density at radius 3 is 2.47 bits per heavy atom. The van der Waals surface area contributed by atoms with Crippen LogP contribution in [-0.2, 0) is 16.0 Å². The van der Waals surface area contributed by atoms with Gasteiger partial charge in [-0.3, -0.25) is 9.59 Å². The first-order valence-corrected chi connectivity index (χ1v) is 5.38. The molecule has 1 rings (SSSR count). The molecule has 1 amide bonds. The van der Waals surface area contributed by atoms with E-state index >= 15 is 0 Å². The fourth-order valence-corrected chi connectivity index (χ4v) is 1.45. The molecule has 0 radical (unpaired) electrons. The van der Waals surface area contributed by atoms with E-state index in [1.807, 2.05) is 30.3 Å². The zero-order valence-electron chi connectivity index (χ0n) is 9.49. The van der Waals surface area contributed by atoms with Crippen LogP contribution in [0.4, 0.5) is 4.39 Å². The Morgan fingerprint density at radius 2 is 1.94 bits per heavy atom. The molecule has 17 heavy (non-hydrogen) atoms. The van der Waals surface area contributed by atoms with Crippen LogP contribution in [0.25, 0.3) is 0 Å². The number of ketones is 1. The van der Waals surface area contributed by atoms with Crippen molar-refractivity contribution < 1.29 is 19.7 Å². The van der Waals surface area contributed by atoms with E-state index in [2.05, 4.69) is 11.1 Å². The molecule has 4 nitrogen and oxygen atoms in total. The fourth-order valence-electron chi connectivity index (χ4n) is 1.45. The van der Waals surface area contributed by atoms with E-state index < -0.39 is 18.5 Å². The van der Waals surface area contributed by atoms with E-state index in [4.69, 9.17) is 0 Å². The summed E-state index contributed by atoms with van der Waals surface area (Å²) in [5, 5.41) is 2.47. The van der Waals surface area contributed by atoms with Crippen molar-refractivity contribution in [2.75, 3.05) is 13.2 Å². The second-order valence-electron chi connectivity index (χ2n) is 3.66. The number of carbonyl (C=O) groups is 2. The van der Waals surface area contributed by atoms with Crippen molar-refractivity contribution in [3.8, 4) is 0 Å². The molecule has 1 aromatic rings. The predicted molar refractivity (Wildman–Crippen MR) is 60.8 cm³/mol. The normalized spacial score (nSPS) is 11.9. The second kappa shape index (κ2) is 6.75. The lowest BCUT2D eigenvalue weighted by Crippen LogP contribution is -2.59. The first-order valence-electron chi connectivity index (χ1n) is 5.38. The summed E-state index contributed by atoms with van der Waals surface area (Å²) < 4.78 is 12.4. The zero-order valence-corrected chi connectivity index (χ0v) is 9.49. The summed E-state index contributed by atoms with van der Waals surface area (Å²) in [5.41, 5.74) is 4.29. The average Bonchev–Trinajstić information content (AvgIpc) is 2.38. The Bertz CT molecular complexity index is 381. The summed E-state index contributed by atoms with van der Waals surface area (Å²) in [6.07, 6.45) is 0.301. The number of benzene rings is 1. The van der Waals surface area contributed by atoms with Gasteiger partial charge in [-0.2, -0.15) is 0 Å². The topological polar surface area (TPSA) is 73.8 Å². The largest absolute Gasteiger partial charge is 0.350 e. The highest BCUT2D eigenvalue weighted by Gasteiger charge is 2.20. The van der Waals surface area contributed by atoms with Crippen LogP contribution in [0.2, 0.25) is 0 Å². The Kier molecular flexibility index (Phi) is 5.29. The van der Waals surface area contributed by atoms with Crippen LogP contribution < -0.4 is 11.1 Å². The molecule has 0 bridgehead atoms. The molecule has 0 aliphatic heterocycles. The summed E-state index contributed by atoms with van der Waals surface area (Å²) in [7, 11) is 0. The molecular formula is C12H16FN2O2+. The SMILES string of the molecule is [NH3+]CC(=O)NC(Cc1ccccc1)C(=O)CF. The van der Waals surface area contributed by atoms with Gasteiger partial charge in [0.1, 0.15) is 6.67 Å². The maximum Gasteiger partial charge on any atom is 0.275 e. The lowest BCUT2D eigenvalue weighted by atomic mass is 10.0. The van der Waals surface area contributed by atoms with Gasteiger partial charge in [-0.15, -0.1) is 0 Å². The molecule has 0 aliphatic rings. The van der Waals surface area contributed by atoms with Crippen LogP contribution in [0.1, 0.15) is 5.56 Å². The number of alkyl halides is 1. The standard InChI is InChI=1S/C12H15FN2O2/c13-7-11(16)10(15-12(17)8-14)6-9-4-2-1-3-5-9/h1-5,10H,6-8,14H2,(H,15,17)/p+1. The minimum atomic E-state index is -1.07. The highest BCUT2D eigenvalue weighted by atomic mass is 19.1. The summed E-state index contributed by atoms with van der Waals surface area (Å²) in [5.74, 6) is -0.969. The van der Waals surface area contributed by atoms with Crippen molar-refractivity contribution in [3.63, 3.8) is 0 Å². The number of nitrogens with one attached hydrogen (secondary N) is 1. The molecule has 1 aromatic carbocycles. The molecule has 1 atom stereocenters. The fraction of sp³-hybridized carbons (Fsp3) is 0.333. The molecule has 1 unspecified atom stereocenters. The number of hydrogen-bond acceptors (Lipinski definition) is 2. The minimum Gasteiger partial charge on any atom is -0.350 e. The molecule has 0 spiro atoms. The lowest BCUT2D eigenvalue weighted by Gasteiger charge is -2.15. The van der Waals surface area contributed by atoms with Crippen LogP contribution in [-0.4, -0.2) is 31.0 Å². The third-order valence-electron chi connectivity index (χ3n) is 2.37. The Labute approximate surface area is 99.0 Å². The highest BCUT2D eigenvalue weighted by molar-refractivity contribution is 5.90. The maximum atomic E-state index is 12.4. The summed E-state index contributed by atoms with van der Waals surface area (Å²) >= 11 is 0. The summed E-state index contributed by atoms with van der Waals surface area (Å²) in [6.45, 7) is -1.04. The molecular weight excluding hydrogens is 223 g/mol. The number of quaternary nitrogens is 1. The highest BCUT2D eigenvalue weighted by Crippen LogP contribution is 2.04. The number of rotatable bonds is 6. The van der Waals surface area contributed by atoms with E-state index in [9.17, 15) is 14.0 Å². The van der Waals surface area contributed by atoms with Gasteiger partial charge in [0.25, 0.3) is 5.91 Å². The molecule has 0 fully saturated rings. The Balaban J connectivity index is 2.70. The molecule has 0 saturated carbocycles. The van der Waals surface area contributed by atoms with Gasteiger partial charge in [-0.05, 0) is 12.0 Å². The van der Waals surface area contributed by atoms with E-state index in [0.29, 0.717) is 6.42 Å². The van der Waals surface area contributed by atoms with Crippen molar-refractivity contribution >= 4 is 11.7 Å². The predicted octanol–water partition coefficient (Wildman–Crippen LogP) is -0.506. The molecule has 92 valence electrons. The third kappa shape index (κ3) is 4.32. The van der Waals surface area contributed by atoms with E-state index in [1.165, 1.54) is 0 Å². The first kappa shape index (κ1) is 13.3. The number of carbonyl (C=O) groups excluding carboxylic acids is 2. The van der Waals surface area contributed by atoms with Gasteiger partial charge in [0.2, 0.25) is 0 Å². The first-order chi connectivity index (χ1) is 8.17. The smallest absolute Gasteiger partial charge is 0.275 e. The van der Waals surface area contributed by atoms with E-state index in [0.717, 1.165) is 5.56 Å². The quantitative estimate of drug-likeness (QED) is 0.702. The van der Waals surface area contributed by atoms with Crippen molar-refractivity contribution in [2.45, 2.75) is 12.5 Å². The third-order valence-corrected chi connectivity index (χ3v) is 2.37. The van der Waals surface area contributed by atoms with Crippen LogP contribution in [0, 0.1) is 0 Å². The van der Waals surface area contributed by atoms with Gasteiger partial charge in [-0.25, -0.2) is 4.39 Å². The van der Waals surface area contributed by atoms with E-state index in [1.54, 1.807) is 0 Å². The molecule has 0 aliphatic carbocycles. The Hall–Kier alpha value is -1.75. The lowest BCUT2D eigenvalue weighted by molar-refractivity contribution is -0.355. The molecule has 0 saturated heterocycles. The molecule has 0 aromatic heterocycles. The summed E-state index contributed by atoms with van der Waals surface area (Å²) in [6, 6.07) is 8.36. The average molecular weight is 239 g/mol. The van der Waals surface area contributed by atoms with Crippen LogP contribution in [0.15, 0.2) is 30.3 Å². The van der Waals surface area contributed by atoms with Crippen LogP contribution in [0.3, 0.4) is 0 Å². The van der Waals surface area contributed by atoms with Gasteiger partial charge in [0.05, 0.1) is 6.04 Å². The monoisotopic (exact) mass is 239 g/mol.